The summed E-state index contributed by atoms with van der Waals surface area (Å²) >= 11 is 12.1. The quantitative estimate of drug-likeness (QED) is 0.211. The van der Waals surface area contributed by atoms with Crippen molar-refractivity contribution in [3.63, 3.8) is 0 Å². The van der Waals surface area contributed by atoms with Gasteiger partial charge in [0.05, 0.1) is 16.7 Å². The number of benzene rings is 2. The molecular weight excluding hydrogens is 449 g/mol. The molecule has 5 nitrogen and oxygen atoms in total. The van der Waals surface area contributed by atoms with Crippen LogP contribution >= 0.6 is 23.2 Å². The van der Waals surface area contributed by atoms with Crippen molar-refractivity contribution in [2.75, 3.05) is 19.8 Å². The molecule has 0 saturated heterocycles. The van der Waals surface area contributed by atoms with Crippen molar-refractivity contribution >= 4 is 29.2 Å². The van der Waals surface area contributed by atoms with Gasteiger partial charge in [0.25, 0.3) is 0 Å². The summed E-state index contributed by atoms with van der Waals surface area (Å²) in [6.45, 7) is 3.54. The molecule has 2 aromatic carbocycles. The van der Waals surface area contributed by atoms with Crippen LogP contribution in [0.15, 0.2) is 42.5 Å². The summed E-state index contributed by atoms with van der Waals surface area (Å²) in [5.41, 5.74) is 2.01. The number of carbonyl (C=O) groups is 1. The summed E-state index contributed by atoms with van der Waals surface area (Å²) in [4.78, 5) is 16.4. The van der Waals surface area contributed by atoms with Gasteiger partial charge >= 0.3 is 5.97 Å². The van der Waals surface area contributed by atoms with Crippen molar-refractivity contribution in [3.05, 3.63) is 63.6 Å². The lowest BCUT2D eigenvalue weighted by molar-refractivity contribution is -0.185. The average Bonchev–Trinajstić information content (AvgIpc) is 2.78. The zero-order valence-electron chi connectivity index (χ0n) is 18.7. The number of hydroxylamine groups is 2. The van der Waals surface area contributed by atoms with Crippen LogP contribution in [0.5, 0.6) is 5.75 Å². The number of unbranched alkanes of at least 4 members (excludes halogenated alkanes) is 5. The van der Waals surface area contributed by atoms with E-state index in [1.165, 1.54) is 32.1 Å². The van der Waals surface area contributed by atoms with Crippen LogP contribution in [0.1, 0.15) is 56.6 Å². The second-order valence-corrected chi connectivity index (χ2v) is 8.60. The van der Waals surface area contributed by atoms with Crippen molar-refractivity contribution < 1.29 is 19.5 Å². The van der Waals surface area contributed by atoms with E-state index in [0.717, 1.165) is 29.9 Å². The first-order chi connectivity index (χ1) is 15.5. The van der Waals surface area contributed by atoms with Crippen LogP contribution in [-0.4, -0.2) is 35.9 Å². The van der Waals surface area contributed by atoms with Crippen molar-refractivity contribution in [2.45, 2.75) is 58.4 Å². The van der Waals surface area contributed by atoms with Crippen LogP contribution in [0.2, 0.25) is 10.0 Å². The summed E-state index contributed by atoms with van der Waals surface area (Å²) in [5, 5.41) is 11.6. The molecule has 0 bridgehead atoms. The van der Waals surface area contributed by atoms with E-state index in [2.05, 4.69) is 6.92 Å². The maximum Gasteiger partial charge on any atom is 0.331 e. The number of carboxylic acid groups (broad SMARTS) is 1. The standard InChI is InChI=1S/C25H33Cl2NO4/c1-2-3-4-5-6-7-16-31-22-11-8-21(9-12-22)18-28(32-19-25(29)30)15-14-20-10-13-23(26)24(27)17-20/h8-13,17H,2-7,14-16,18-19H2,1H3,(H,29,30). The number of aliphatic carboxylic acids is 1. The predicted molar refractivity (Wildman–Crippen MR) is 129 cm³/mol. The summed E-state index contributed by atoms with van der Waals surface area (Å²) in [6, 6.07) is 13.3. The van der Waals surface area contributed by atoms with Crippen LogP contribution in [0.3, 0.4) is 0 Å². The van der Waals surface area contributed by atoms with E-state index >= 15 is 0 Å². The molecule has 0 amide bonds. The Morgan fingerprint density at radius 1 is 0.938 bits per heavy atom. The zero-order chi connectivity index (χ0) is 23.2. The number of halogens is 2. The lowest BCUT2D eigenvalue weighted by Gasteiger charge is -2.21. The Balaban J connectivity index is 1.82. The fourth-order valence-corrected chi connectivity index (χ4v) is 3.57. The van der Waals surface area contributed by atoms with Crippen molar-refractivity contribution in [2.24, 2.45) is 0 Å². The van der Waals surface area contributed by atoms with Gasteiger partial charge in [0.1, 0.15) is 5.75 Å². The van der Waals surface area contributed by atoms with Crippen LogP contribution < -0.4 is 4.74 Å². The molecule has 0 heterocycles. The Hall–Kier alpha value is -1.79. The lowest BCUT2D eigenvalue weighted by atomic mass is 10.1. The SMILES string of the molecule is CCCCCCCCOc1ccc(CN(CCc2ccc(Cl)c(Cl)c2)OCC(=O)O)cc1. The second kappa shape index (κ2) is 15.1. The van der Waals surface area contributed by atoms with Gasteiger partial charge in [0, 0.05) is 13.1 Å². The van der Waals surface area contributed by atoms with Gasteiger partial charge in [0.15, 0.2) is 6.61 Å². The Labute approximate surface area is 201 Å². The van der Waals surface area contributed by atoms with Gasteiger partial charge in [0.2, 0.25) is 0 Å². The minimum absolute atomic E-state index is 0.388. The van der Waals surface area contributed by atoms with E-state index in [4.69, 9.17) is 37.9 Å². The molecule has 0 atom stereocenters. The number of ether oxygens (including phenoxy) is 1. The Kier molecular flexibility index (Phi) is 12.5. The molecule has 1 N–H and O–H groups in total. The van der Waals surface area contributed by atoms with Gasteiger partial charge in [-0.1, -0.05) is 80.4 Å². The van der Waals surface area contributed by atoms with E-state index in [1.807, 2.05) is 36.4 Å². The minimum atomic E-state index is -1.01. The van der Waals surface area contributed by atoms with E-state index in [1.54, 1.807) is 11.1 Å². The molecule has 0 saturated carbocycles. The third kappa shape index (κ3) is 10.7. The molecule has 7 heteroatoms. The molecule has 32 heavy (non-hydrogen) atoms. The van der Waals surface area contributed by atoms with Gasteiger partial charge < -0.3 is 9.84 Å². The van der Waals surface area contributed by atoms with Crippen molar-refractivity contribution in [1.82, 2.24) is 5.06 Å². The molecule has 176 valence electrons. The molecule has 0 unspecified atom stereocenters. The Morgan fingerprint density at radius 3 is 2.31 bits per heavy atom. The van der Waals surface area contributed by atoms with Crippen LogP contribution in [0.4, 0.5) is 0 Å². The summed E-state index contributed by atoms with van der Waals surface area (Å²) in [7, 11) is 0. The van der Waals surface area contributed by atoms with Crippen LogP contribution in [0.25, 0.3) is 0 Å². The highest BCUT2D eigenvalue weighted by Crippen LogP contribution is 2.23. The van der Waals surface area contributed by atoms with Gasteiger partial charge in [-0.25, -0.2) is 4.79 Å². The fraction of sp³-hybridized carbons (Fsp3) is 0.480. The first-order valence-corrected chi connectivity index (χ1v) is 12.0. The number of nitrogens with zero attached hydrogens (tertiary/aromatic N) is 1. The van der Waals surface area contributed by atoms with E-state index < -0.39 is 5.97 Å². The maximum atomic E-state index is 11.0. The number of hydrogen-bond donors (Lipinski definition) is 1. The van der Waals surface area contributed by atoms with Crippen molar-refractivity contribution in [3.8, 4) is 5.75 Å². The molecule has 0 aliphatic rings. The zero-order valence-corrected chi connectivity index (χ0v) is 20.2. The lowest BCUT2D eigenvalue weighted by Crippen LogP contribution is -2.28. The number of rotatable bonds is 16. The minimum Gasteiger partial charge on any atom is -0.494 e. The molecule has 2 aromatic rings. The molecule has 0 spiro atoms. The molecule has 0 aliphatic heterocycles. The molecule has 0 radical (unpaired) electrons. The second-order valence-electron chi connectivity index (χ2n) is 7.79. The van der Waals surface area contributed by atoms with Gasteiger partial charge in [-0.2, -0.15) is 5.06 Å². The fourth-order valence-electron chi connectivity index (χ4n) is 3.25. The van der Waals surface area contributed by atoms with E-state index in [0.29, 0.717) is 29.6 Å². The number of hydrogen-bond acceptors (Lipinski definition) is 4. The van der Waals surface area contributed by atoms with E-state index in [-0.39, 0.29) is 6.61 Å². The monoisotopic (exact) mass is 481 g/mol. The smallest absolute Gasteiger partial charge is 0.331 e. The first kappa shape index (κ1) is 26.5. The molecular formula is C25H33Cl2NO4. The molecule has 0 aliphatic carbocycles. The average molecular weight is 482 g/mol. The summed E-state index contributed by atoms with van der Waals surface area (Å²) in [6.07, 6.45) is 8.06. The summed E-state index contributed by atoms with van der Waals surface area (Å²) in [5.74, 6) is -0.168. The van der Waals surface area contributed by atoms with E-state index in [9.17, 15) is 4.79 Å². The van der Waals surface area contributed by atoms with Crippen molar-refractivity contribution in [1.29, 1.82) is 0 Å². The highest BCUT2D eigenvalue weighted by atomic mass is 35.5. The first-order valence-electron chi connectivity index (χ1n) is 11.2. The van der Waals surface area contributed by atoms with Gasteiger partial charge in [-0.3, -0.25) is 4.84 Å². The maximum absolute atomic E-state index is 11.0. The summed E-state index contributed by atoms with van der Waals surface area (Å²) < 4.78 is 5.83. The highest BCUT2D eigenvalue weighted by molar-refractivity contribution is 6.42. The topological polar surface area (TPSA) is 59.0 Å². The normalized spacial score (nSPS) is 11.1. The molecule has 0 fully saturated rings. The van der Waals surface area contributed by atoms with Gasteiger partial charge in [-0.05, 0) is 48.2 Å². The number of carboxylic acids is 1. The third-order valence-electron chi connectivity index (χ3n) is 5.05. The Morgan fingerprint density at radius 2 is 1.62 bits per heavy atom. The van der Waals surface area contributed by atoms with Gasteiger partial charge in [-0.15, -0.1) is 0 Å². The van der Waals surface area contributed by atoms with Crippen LogP contribution in [0, 0.1) is 0 Å². The third-order valence-corrected chi connectivity index (χ3v) is 5.79. The highest BCUT2D eigenvalue weighted by Gasteiger charge is 2.11. The van der Waals surface area contributed by atoms with Crippen LogP contribution in [-0.2, 0) is 22.6 Å². The predicted octanol–water partition coefficient (Wildman–Crippen LogP) is 6.79. The largest absolute Gasteiger partial charge is 0.494 e. The molecule has 2 rings (SSSR count). The molecule has 0 aromatic heterocycles. The Bertz CT molecular complexity index is 814.